The summed E-state index contributed by atoms with van der Waals surface area (Å²) in [6.45, 7) is 5.93. The first kappa shape index (κ1) is 8.28. The van der Waals surface area contributed by atoms with Crippen molar-refractivity contribution in [3.63, 3.8) is 0 Å². The molecule has 52 valence electrons. The van der Waals surface area contributed by atoms with Gasteiger partial charge in [-0.15, -0.1) is 0 Å². The van der Waals surface area contributed by atoms with Crippen molar-refractivity contribution >= 4 is 0 Å². The van der Waals surface area contributed by atoms with Crippen LogP contribution in [0.4, 0.5) is 0 Å². The highest BCUT2D eigenvalue weighted by atomic mass is 15.0. The Labute approximate surface area is 57.7 Å². The monoisotopic (exact) mass is 125 g/mol. The van der Waals surface area contributed by atoms with Gasteiger partial charge in [-0.2, -0.15) is 0 Å². The number of hydrogen-bond donors (Lipinski definition) is 0. The maximum Gasteiger partial charge on any atom is 0.00556 e. The molecule has 9 heavy (non-hydrogen) atoms. The molecule has 0 atom stereocenters. The van der Waals surface area contributed by atoms with Crippen molar-refractivity contribution in [3.05, 3.63) is 24.4 Å². The molecule has 0 saturated heterocycles. The maximum absolute atomic E-state index is 3.83. The number of hydrogen-bond acceptors (Lipinski definition) is 1. The summed E-state index contributed by atoms with van der Waals surface area (Å²) in [6.07, 6.45) is 5.07. The van der Waals surface area contributed by atoms with Gasteiger partial charge in [-0.1, -0.05) is 19.1 Å². The third-order valence-corrected chi connectivity index (χ3v) is 1.06. The number of allylic oxidation sites excluding steroid dienone is 2. The molecule has 0 saturated carbocycles. The second-order valence-corrected chi connectivity index (χ2v) is 2.29. The van der Waals surface area contributed by atoms with E-state index >= 15 is 0 Å². The topological polar surface area (TPSA) is 3.24 Å². The van der Waals surface area contributed by atoms with Gasteiger partial charge in [0.15, 0.2) is 0 Å². The molecule has 0 aromatic rings. The zero-order chi connectivity index (χ0) is 7.28. The lowest BCUT2D eigenvalue weighted by atomic mass is 10.2. The predicted octanol–water partition coefficient (Wildman–Crippen LogP) is 2.03. The summed E-state index contributed by atoms with van der Waals surface area (Å²) in [7, 11) is 4.00. The molecular formula is C8H15N. The van der Waals surface area contributed by atoms with Crippen LogP contribution in [0.25, 0.3) is 0 Å². The summed E-state index contributed by atoms with van der Waals surface area (Å²) in [4.78, 5) is 2.00. The Kier molecular flexibility index (Phi) is 3.85. The van der Waals surface area contributed by atoms with Crippen molar-refractivity contribution < 1.29 is 0 Å². The average molecular weight is 125 g/mol. The van der Waals surface area contributed by atoms with Crippen LogP contribution in [0.5, 0.6) is 0 Å². The van der Waals surface area contributed by atoms with Crippen LogP contribution < -0.4 is 0 Å². The third-order valence-electron chi connectivity index (χ3n) is 1.06. The predicted molar refractivity (Wildman–Crippen MR) is 42.3 cm³/mol. The summed E-state index contributed by atoms with van der Waals surface area (Å²) < 4.78 is 0. The number of rotatable bonds is 3. The van der Waals surface area contributed by atoms with Crippen molar-refractivity contribution in [2.24, 2.45) is 0 Å². The van der Waals surface area contributed by atoms with Gasteiger partial charge in [-0.25, -0.2) is 0 Å². The van der Waals surface area contributed by atoms with Crippen LogP contribution in [-0.4, -0.2) is 19.0 Å². The summed E-state index contributed by atoms with van der Waals surface area (Å²) >= 11 is 0. The molecule has 0 spiro atoms. The second-order valence-electron chi connectivity index (χ2n) is 2.29. The van der Waals surface area contributed by atoms with Gasteiger partial charge in [0, 0.05) is 14.1 Å². The summed E-state index contributed by atoms with van der Waals surface area (Å²) in [5.41, 5.74) is 1.17. The molecule has 0 N–H and O–H groups in total. The van der Waals surface area contributed by atoms with E-state index in [4.69, 9.17) is 0 Å². The Morgan fingerprint density at radius 3 is 2.44 bits per heavy atom. The Hall–Kier alpha value is -0.720. The van der Waals surface area contributed by atoms with Crippen LogP contribution in [0, 0.1) is 0 Å². The molecule has 0 aliphatic carbocycles. The van der Waals surface area contributed by atoms with Gasteiger partial charge in [0.25, 0.3) is 0 Å². The van der Waals surface area contributed by atoms with Gasteiger partial charge in [-0.05, 0) is 18.7 Å². The van der Waals surface area contributed by atoms with Crippen LogP contribution in [0.2, 0.25) is 0 Å². The highest BCUT2D eigenvalue weighted by molar-refractivity contribution is 5.12. The van der Waals surface area contributed by atoms with Crippen molar-refractivity contribution in [3.8, 4) is 0 Å². The lowest BCUT2D eigenvalue weighted by Gasteiger charge is -2.02. The standard InChI is InChI=1S/C8H15N/c1-5-8(2)6-7-9(3)4/h6-7H,2,5H2,1,3-4H3. The van der Waals surface area contributed by atoms with E-state index in [1.54, 1.807) is 0 Å². The fourth-order valence-corrected chi connectivity index (χ4v) is 0.372. The molecule has 1 heteroatoms. The Bertz CT molecular complexity index is 112. The quantitative estimate of drug-likeness (QED) is 0.522. The third kappa shape index (κ3) is 5.15. The average Bonchev–Trinajstić information content (AvgIpc) is 1.83. The fourth-order valence-electron chi connectivity index (χ4n) is 0.372. The molecule has 1 nitrogen and oxygen atoms in total. The molecule has 0 bridgehead atoms. The highest BCUT2D eigenvalue weighted by Gasteiger charge is 1.80. The summed E-state index contributed by atoms with van der Waals surface area (Å²) in [5, 5.41) is 0. The van der Waals surface area contributed by atoms with E-state index in [2.05, 4.69) is 13.5 Å². The zero-order valence-corrected chi connectivity index (χ0v) is 6.52. The molecule has 0 unspecified atom stereocenters. The van der Waals surface area contributed by atoms with Gasteiger partial charge >= 0.3 is 0 Å². The minimum absolute atomic E-state index is 1.03. The van der Waals surface area contributed by atoms with E-state index in [1.807, 2.05) is 31.3 Å². The summed E-state index contributed by atoms with van der Waals surface area (Å²) in [6, 6.07) is 0. The molecule has 0 aromatic carbocycles. The maximum atomic E-state index is 3.83. The van der Waals surface area contributed by atoms with Crippen LogP contribution in [0.15, 0.2) is 24.4 Å². The lowest BCUT2D eigenvalue weighted by molar-refractivity contribution is 0.563. The van der Waals surface area contributed by atoms with Crippen LogP contribution in [0.1, 0.15) is 13.3 Å². The SMILES string of the molecule is C=C(C=CN(C)C)CC. The van der Waals surface area contributed by atoms with Crippen molar-refractivity contribution in [1.82, 2.24) is 4.90 Å². The van der Waals surface area contributed by atoms with Crippen molar-refractivity contribution in [2.45, 2.75) is 13.3 Å². The molecule has 0 aromatic heterocycles. The van der Waals surface area contributed by atoms with Crippen molar-refractivity contribution in [2.75, 3.05) is 14.1 Å². The minimum atomic E-state index is 1.03. The van der Waals surface area contributed by atoms with Gasteiger partial charge in [0.2, 0.25) is 0 Å². The van der Waals surface area contributed by atoms with Gasteiger partial charge in [-0.3, -0.25) is 0 Å². The molecule has 0 amide bonds. The van der Waals surface area contributed by atoms with Crippen LogP contribution in [-0.2, 0) is 0 Å². The Morgan fingerprint density at radius 1 is 1.56 bits per heavy atom. The molecule has 0 radical (unpaired) electrons. The van der Waals surface area contributed by atoms with Crippen LogP contribution >= 0.6 is 0 Å². The lowest BCUT2D eigenvalue weighted by Crippen LogP contribution is -1.99. The first-order valence-corrected chi connectivity index (χ1v) is 3.19. The second kappa shape index (κ2) is 4.19. The molecule has 0 aliphatic heterocycles. The van der Waals surface area contributed by atoms with E-state index in [-0.39, 0.29) is 0 Å². The first-order chi connectivity index (χ1) is 4.16. The Morgan fingerprint density at radius 2 is 2.11 bits per heavy atom. The van der Waals surface area contributed by atoms with E-state index in [1.165, 1.54) is 5.57 Å². The molecule has 0 rings (SSSR count). The molecular weight excluding hydrogens is 110 g/mol. The molecule has 0 aliphatic rings. The van der Waals surface area contributed by atoms with E-state index < -0.39 is 0 Å². The van der Waals surface area contributed by atoms with E-state index in [9.17, 15) is 0 Å². The zero-order valence-electron chi connectivity index (χ0n) is 6.52. The molecule has 0 fully saturated rings. The smallest absolute Gasteiger partial charge is 0.00556 e. The van der Waals surface area contributed by atoms with E-state index in [0.717, 1.165) is 6.42 Å². The fraction of sp³-hybridized carbons (Fsp3) is 0.500. The van der Waals surface area contributed by atoms with Gasteiger partial charge in [0.1, 0.15) is 0 Å². The Balaban J connectivity index is 3.57. The minimum Gasteiger partial charge on any atom is -0.383 e. The normalized spacial score (nSPS) is 10.1. The summed E-state index contributed by atoms with van der Waals surface area (Å²) in [5.74, 6) is 0. The van der Waals surface area contributed by atoms with Crippen LogP contribution in [0.3, 0.4) is 0 Å². The largest absolute Gasteiger partial charge is 0.383 e. The van der Waals surface area contributed by atoms with Crippen molar-refractivity contribution in [1.29, 1.82) is 0 Å². The first-order valence-electron chi connectivity index (χ1n) is 3.19. The van der Waals surface area contributed by atoms with Gasteiger partial charge < -0.3 is 4.90 Å². The highest BCUT2D eigenvalue weighted by Crippen LogP contribution is 1.97. The van der Waals surface area contributed by atoms with Gasteiger partial charge in [0.05, 0.1) is 0 Å². The van der Waals surface area contributed by atoms with E-state index in [0.29, 0.717) is 0 Å². The number of nitrogens with zero attached hydrogens (tertiary/aromatic N) is 1. The molecule has 0 heterocycles.